The lowest BCUT2D eigenvalue weighted by atomic mass is 10.2. The lowest BCUT2D eigenvalue weighted by Gasteiger charge is -2.16. The summed E-state index contributed by atoms with van der Waals surface area (Å²) < 4.78 is 7.19. The molecule has 1 fully saturated rings. The molecule has 10 heteroatoms. The number of nitrogens with two attached hydrogens (primary N) is 1. The van der Waals surface area contributed by atoms with Crippen LogP contribution in [0.1, 0.15) is 12.1 Å². The summed E-state index contributed by atoms with van der Waals surface area (Å²) >= 11 is 4.33. The summed E-state index contributed by atoms with van der Waals surface area (Å²) in [6, 6.07) is 0. The van der Waals surface area contributed by atoms with Gasteiger partial charge in [-0.2, -0.15) is 17.6 Å². The molecule has 0 saturated carbocycles. The van der Waals surface area contributed by atoms with Crippen molar-refractivity contribution in [3.63, 3.8) is 0 Å². The molecular formula is C11H15N5O4S. The lowest BCUT2D eigenvalue weighted by molar-refractivity contribution is -0.499. The third-order valence-electron chi connectivity index (χ3n) is 3.46. The van der Waals surface area contributed by atoms with Gasteiger partial charge in [0.2, 0.25) is 0 Å². The topological polar surface area (TPSA) is 133 Å². The summed E-state index contributed by atoms with van der Waals surface area (Å²) in [5, 5.41) is 29.7. The monoisotopic (exact) mass is 313 g/mol. The minimum Gasteiger partial charge on any atom is -0.629 e. The van der Waals surface area contributed by atoms with E-state index in [2.05, 4.69) is 27.6 Å². The van der Waals surface area contributed by atoms with Gasteiger partial charge >= 0.3 is 0 Å². The van der Waals surface area contributed by atoms with E-state index in [1.165, 1.54) is 6.33 Å². The molecule has 4 N–H and O–H groups in total. The zero-order valence-electron chi connectivity index (χ0n) is 11.1. The van der Waals surface area contributed by atoms with Crippen molar-refractivity contribution in [1.29, 1.82) is 0 Å². The smallest absolute Gasteiger partial charge is 0.256 e. The second kappa shape index (κ2) is 5.48. The number of hydrogen-bond acceptors (Lipinski definition) is 8. The van der Waals surface area contributed by atoms with Gasteiger partial charge in [0, 0.05) is 0 Å². The number of aryl methyl sites for hydroxylation is 1. The van der Waals surface area contributed by atoms with Crippen LogP contribution in [0, 0.1) is 12.1 Å². The predicted octanol–water partition coefficient (Wildman–Crippen LogP) is -1.62. The van der Waals surface area contributed by atoms with Crippen LogP contribution in [0.2, 0.25) is 0 Å². The van der Waals surface area contributed by atoms with Crippen molar-refractivity contribution < 1.29 is 20.4 Å². The van der Waals surface area contributed by atoms with Gasteiger partial charge in [0.25, 0.3) is 5.82 Å². The summed E-state index contributed by atoms with van der Waals surface area (Å²) in [6.07, 6.45) is -0.802. The molecule has 21 heavy (non-hydrogen) atoms. The zero-order valence-corrected chi connectivity index (χ0v) is 12.0. The highest BCUT2D eigenvalue weighted by atomic mass is 32.1. The van der Waals surface area contributed by atoms with Crippen LogP contribution in [0.5, 0.6) is 0 Å². The van der Waals surface area contributed by atoms with Gasteiger partial charge in [-0.3, -0.25) is 4.57 Å². The SMILES string of the molecule is Cc1nc([NH2+][O-])c2ncn([C@@H]3O[C@H](CO)[C@@H](O)[C@H]3S)c2n1. The lowest BCUT2D eigenvalue weighted by Crippen LogP contribution is -2.71. The van der Waals surface area contributed by atoms with E-state index < -0.39 is 23.7 Å². The standard InChI is InChI=1S/C11H15N5O4S/c1-4-13-9(15-19)6-10(14-4)16(3-12-6)11-8(21)7(18)5(2-17)20-11/h3,5,7-8,11,17-18,21H,2,15H2,1H3/t5-,7-,8-,11-/m1/s1. The fourth-order valence-electron chi connectivity index (χ4n) is 2.43. The number of quaternary nitrogens is 1. The Hall–Kier alpha value is -1.30. The highest BCUT2D eigenvalue weighted by Crippen LogP contribution is 2.34. The molecule has 3 heterocycles. The molecule has 0 unspecified atom stereocenters. The van der Waals surface area contributed by atoms with E-state index in [1.54, 1.807) is 11.5 Å². The van der Waals surface area contributed by atoms with E-state index in [0.29, 0.717) is 22.5 Å². The Morgan fingerprint density at radius 2 is 2.29 bits per heavy atom. The Kier molecular flexibility index (Phi) is 3.82. The molecule has 0 radical (unpaired) electrons. The van der Waals surface area contributed by atoms with Crippen molar-refractivity contribution in [1.82, 2.24) is 19.5 Å². The van der Waals surface area contributed by atoms with Crippen LogP contribution < -0.4 is 5.48 Å². The molecule has 2 aromatic rings. The van der Waals surface area contributed by atoms with Crippen LogP contribution in [0.15, 0.2) is 6.33 Å². The third kappa shape index (κ3) is 2.29. The number of aromatic nitrogens is 4. The molecule has 0 aliphatic carbocycles. The molecule has 114 valence electrons. The molecular weight excluding hydrogens is 298 g/mol. The van der Waals surface area contributed by atoms with Crippen molar-refractivity contribution in [3.8, 4) is 0 Å². The number of aliphatic hydroxyl groups is 2. The first-order valence-corrected chi connectivity index (χ1v) is 6.87. The molecule has 3 rings (SSSR count). The zero-order chi connectivity index (χ0) is 15.1. The molecule has 0 amide bonds. The van der Waals surface area contributed by atoms with Gasteiger partial charge in [0.05, 0.1) is 24.3 Å². The summed E-state index contributed by atoms with van der Waals surface area (Å²) in [7, 11) is 0. The fraction of sp³-hybridized carbons (Fsp3) is 0.545. The van der Waals surface area contributed by atoms with Gasteiger partial charge in [-0.15, -0.1) is 0 Å². The van der Waals surface area contributed by atoms with Gasteiger partial charge in [-0.05, 0) is 6.92 Å². The maximum absolute atomic E-state index is 11.1. The summed E-state index contributed by atoms with van der Waals surface area (Å²) in [5.74, 6) is 0.628. The van der Waals surface area contributed by atoms with Crippen molar-refractivity contribution in [2.45, 2.75) is 30.6 Å². The maximum Gasteiger partial charge on any atom is 0.256 e. The second-order valence-electron chi connectivity index (χ2n) is 4.83. The van der Waals surface area contributed by atoms with E-state index >= 15 is 0 Å². The van der Waals surface area contributed by atoms with E-state index in [4.69, 9.17) is 4.74 Å². The first kappa shape index (κ1) is 14.6. The van der Waals surface area contributed by atoms with Crippen LogP contribution >= 0.6 is 12.6 Å². The summed E-state index contributed by atoms with van der Waals surface area (Å²) in [4.78, 5) is 12.4. The number of nitrogens with zero attached hydrogens (tertiary/aromatic N) is 4. The van der Waals surface area contributed by atoms with Crippen LogP contribution in [-0.2, 0) is 4.74 Å². The quantitative estimate of drug-likeness (QED) is 0.395. The molecule has 1 saturated heterocycles. The second-order valence-corrected chi connectivity index (χ2v) is 5.42. The number of ether oxygens (including phenoxy) is 1. The Balaban J connectivity index is 2.07. The number of aliphatic hydroxyl groups excluding tert-OH is 2. The van der Waals surface area contributed by atoms with Crippen molar-refractivity contribution in [2.75, 3.05) is 6.61 Å². The predicted molar refractivity (Wildman–Crippen MR) is 74.8 cm³/mol. The molecule has 9 nitrogen and oxygen atoms in total. The first-order chi connectivity index (χ1) is 10.1. The van der Waals surface area contributed by atoms with Crippen LogP contribution in [0.4, 0.5) is 5.82 Å². The highest BCUT2D eigenvalue weighted by Gasteiger charge is 2.43. The third-order valence-corrected chi connectivity index (χ3v) is 4.02. The van der Waals surface area contributed by atoms with Crippen molar-refractivity contribution >= 4 is 29.6 Å². The average molecular weight is 313 g/mol. The summed E-state index contributed by atoms with van der Waals surface area (Å²) in [5.41, 5.74) is 1.41. The maximum atomic E-state index is 11.1. The number of imidazole rings is 1. The Bertz CT molecular complexity index is 665. The number of rotatable bonds is 3. The summed E-state index contributed by atoms with van der Waals surface area (Å²) in [6.45, 7) is 1.36. The Labute approximate surface area is 125 Å². The van der Waals surface area contributed by atoms with E-state index in [9.17, 15) is 15.4 Å². The highest BCUT2D eigenvalue weighted by molar-refractivity contribution is 7.81. The molecule has 0 aromatic carbocycles. The van der Waals surface area contributed by atoms with Crippen molar-refractivity contribution in [3.05, 3.63) is 17.4 Å². The van der Waals surface area contributed by atoms with E-state index in [-0.39, 0.29) is 12.4 Å². The van der Waals surface area contributed by atoms with Gasteiger partial charge in [0.15, 0.2) is 17.4 Å². The molecule has 2 aromatic heterocycles. The van der Waals surface area contributed by atoms with Crippen LogP contribution in [0.3, 0.4) is 0 Å². The number of fused-ring (bicyclic) bond motifs is 1. The van der Waals surface area contributed by atoms with E-state index in [0.717, 1.165) is 0 Å². The van der Waals surface area contributed by atoms with Crippen molar-refractivity contribution in [2.24, 2.45) is 0 Å². The normalized spacial score (nSPS) is 29.4. The molecule has 0 bridgehead atoms. The van der Waals surface area contributed by atoms with Gasteiger partial charge in [-0.1, -0.05) is 0 Å². The molecule has 1 aliphatic rings. The van der Waals surface area contributed by atoms with Gasteiger partial charge < -0.3 is 25.6 Å². The van der Waals surface area contributed by atoms with E-state index in [1.807, 2.05) is 0 Å². The molecule has 4 atom stereocenters. The Morgan fingerprint density at radius 1 is 1.52 bits per heavy atom. The first-order valence-electron chi connectivity index (χ1n) is 6.35. The minimum absolute atomic E-state index is 0.198. The average Bonchev–Trinajstić information content (AvgIpc) is 3.01. The Morgan fingerprint density at radius 3 is 2.90 bits per heavy atom. The number of hydrogen-bond donors (Lipinski definition) is 4. The largest absolute Gasteiger partial charge is 0.629 e. The molecule has 0 spiro atoms. The minimum atomic E-state index is -0.908. The fourth-order valence-corrected chi connectivity index (χ4v) is 2.84. The van der Waals surface area contributed by atoms with Gasteiger partial charge in [-0.25, -0.2) is 9.97 Å². The van der Waals surface area contributed by atoms with Crippen LogP contribution in [0.25, 0.3) is 11.2 Å². The van der Waals surface area contributed by atoms with Crippen LogP contribution in [-0.4, -0.2) is 53.8 Å². The van der Waals surface area contributed by atoms with Gasteiger partial charge in [0.1, 0.15) is 11.9 Å². The number of thiol groups is 1. The molecule has 1 aliphatic heterocycles.